The highest BCUT2D eigenvalue weighted by Crippen LogP contribution is 2.25. The minimum Gasteiger partial charge on any atom is -0.462 e. The predicted molar refractivity (Wildman–Crippen MR) is 99.0 cm³/mol. The molecule has 2 aromatic rings. The van der Waals surface area contributed by atoms with E-state index in [9.17, 15) is 22.8 Å². The molecule has 0 unspecified atom stereocenters. The van der Waals surface area contributed by atoms with Crippen LogP contribution in [0.2, 0.25) is 0 Å². The van der Waals surface area contributed by atoms with Crippen LogP contribution < -0.4 is 5.56 Å². The minimum atomic E-state index is -3.73. The first-order valence-electron chi connectivity index (χ1n) is 8.47. The zero-order valence-corrected chi connectivity index (χ0v) is 16.5. The topological polar surface area (TPSA) is 115 Å². The summed E-state index contributed by atoms with van der Waals surface area (Å²) in [7, 11) is -3.73. The molecule has 0 saturated carbocycles. The monoisotopic (exact) mass is 394 g/mol. The molecule has 27 heavy (non-hydrogen) atoms. The number of benzene rings is 1. The lowest BCUT2D eigenvalue weighted by molar-refractivity contribution is 0.0499. The smallest absolute Gasteiger partial charge is 0.339 e. The number of hydrogen-bond donors (Lipinski definition) is 1. The first-order chi connectivity index (χ1) is 12.6. The van der Waals surface area contributed by atoms with E-state index in [1.165, 1.54) is 29.9 Å². The molecule has 0 bridgehead atoms. The Bertz CT molecular complexity index is 1050. The van der Waals surface area contributed by atoms with E-state index in [-0.39, 0.29) is 33.8 Å². The highest BCUT2D eigenvalue weighted by atomic mass is 32.2. The number of H-pyrrole nitrogens is 1. The van der Waals surface area contributed by atoms with E-state index in [4.69, 9.17) is 4.74 Å². The number of aromatic nitrogens is 2. The van der Waals surface area contributed by atoms with Crippen molar-refractivity contribution in [2.45, 2.75) is 38.6 Å². The summed E-state index contributed by atoms with van der Waals surface area (Å²) in [5.41, 5.74) is -0.509. The number of carbonyl (C=O) groups excluding carboxylic acids is 2. The number of nitrogens with zero attached hydrogens (tertiary/aromatic N) is 1. The molecule has 0 amide bonds. The largest absolute Gasteiger partial charge is 0.462 e. The van der Waals surface area contributed by atoms with Crippen LogP contribution >= 0.6 is 0 Å². The molecule has 146 valence electrons. The van der Waals surface area contributed by atoms with Gasteiger partial charge < -0.3 is 9.84 Å². The van der Waals surface area contributed by atoms with Gasteiger partial charge in [0.1, 0.15) is 5.56 Å². The molecule has 0 saturated heterocycles. The molecule has 0 radical (unpaired) electrons. The van der Waals surface area contributed by atoms with Gasteiger partial charge in [0.05, 0.1) is 17.1 Å². The van der Waals surface area contributed by atoms with Crippen LogP contribution in [0.4, 0.5) is 0 Å². The number of aryl methyl sites for hydroxylation is 1. The van der Waals surface area contributed by atoms with Crippen LogP contribution in [-0.4, -0.2) is 42.8 Å². The van der Waals surface area contributed by atoms with Crippen molar-refractivity contribution in [3.05, 3.63) is 50.9 Å². The first-order valence-corrected chi connectivity index (χ1v) is 10.4. The number of hydrogen-bond acceptors (Lipinski definition) is 6. The summed E-state index contributed by atoms with van der Waals surface area (Å²) < 4.78 is 30.5. The number of aromatic amines is 1. The van der Waals surface area contributed by atoms with Crippen molar-refractivity contribution in [3.63, 3.8) is 0 Å². The van der Waals surface area contributed by atoms with Gasteiger partial charge >= 0.3 is 5.97 Å². The molecule has 1 N–H and O–H groups in total. The molecule has 0 fully saturated rings. The van der Waals surface area contributed by atoms with Gasteiger partial charge in [0.25, 0.3) is 5.56 Å². The predicted octanol–water partition coefficient (Wildman–Crippen LogP) is 1.71. The van der Waals surface area contributed by atoms with Crippen LogP contribution in [0.1, 0.15) is 52.1 Å². The lowest BCUT2D eigenvalue weighted by atomic mass is 9.96. The number of esters is 1. The molecule has 0 aliphatic carbocycles. The Morgan fingerprint density at radius 3 is 2.37 bits per heavy atom. The molecular formula is C18H22N2O6S. The normalized spacial score (nSPS) is 11.4. The Balaban J connectivity index is 2.65. The fourth-order valence-electron chi connectivity index (χ4n) is 2.71. The highest BCUT2D eigenvalue weighted by molar-refractivity contribution is 7.90. The minimum absolute atomic E-state index is 0.0743. The SMILES string of the molecule is CCCOC(=O)c1c(S(C)(=O)=O)ccc(C(=O)c2c[nH]n(CC)c2=O)c1C. The molecule has 9 heteroatoms. The van der Waals surface area contributed by atoms with Crippen LogP contribution in [0.15, 0.2) is 28.0 Å². The maximum Gasteiger partial charge on any atom is 0.339 e. The number of rotatable bonds is 7. The Morgan fingerprint density at radius 2 is 1.85 bits per heavy atom. The van der Waals surface area contributed by atoms with E-state index in [0.717, 1.165) is 6.26 Å². The van der Waals surface area contributed by atoms with Crippen molar-refractivity contribution in [2.75, 3.05) is 12.9 Å². The first kappa shape index (κ1) is 20.6. The third-order valence-electron chi connectivity index (χ3n) is 4.11. The lowest BCUT2D eigenvalue weighted by Gasteiger charge is -2.14. The number of ketones is 1. The lowest BCUT2D eigenvalue weighted by Crippen LogP contribution is -2.22. The zero-order chi connectivity index (χ0) is 20.4. The van der Waals surface area contributed by atoms with Crippen LogP contribution in [0, 0.1) is 6.92 Å². The van der Waals surface area contributed by atoms with Crippen molar-refractivity contribution in [2.24, 2.45) is 0 Å². The summed E-state index contributed by atoms with van der Waals surface area (Å²) in [6.45, 7) is 5.52. The van der Waals surface area contributed by atoms with E-state index < -0.39 is 27.1 Å². The van der Waals surface area contributed by atoms with Crippen molar-refractivity contribution in [1.29, 1.82) is 0 Å². The van der Waals surface area contributed by atoms with Gasteiger partial charge in [0.2, 0.25) is 0 Å². The summed E-state index contributed by atoms with van der Waals surface area (Å²) in [6, 6.07) is 2.51. The van der Waals surface area contributed by atoms with Crippen molar-refractivity contribution in [1.82, 2.24) is 9.78 Å². The average molecular weight is 394 g/mol. The molecule has 0 aliphatic rings. The van der Waals surface area contributed by atoms with Gasteiger partial charge in [0, 0.05) is 24.6 Å². The van der Waals surface area contributed by atoms with Gasteiger partial charge in [-0.25, -0.2) is 13.2 Å². The Hall–Kier alpha value is -2.68. The molecule has 2 rings (SSSR count). The van der Waals surface area contributed by atoms with Crippen LogP contribution in [0.25, 0.3) is 0 Å². The van der Waals surface area contributed by atoms with E-state index >= 15 is 0 Å². The van der Waals surface area contributed by atoms with E-state index in [0.29, 0.717) is 13.0 Å². The number of carbonyl (C=O) groups is 2. The maximum atomic E-state index is 12.8. The summed E-state index contributed by atoms with van der Waals surface area (Å²) in [5.74, 6) is -1.41. The molecule has 8 nitrogen and oxygen atoms in total. The van der Waals surface area contributed by atoms with Gasteiger partial charge in [-0.05, 0) is 38.0 Å². The molecule has 1 aromatic carbocycles. The number of nitrogens with one attached hydrogen (secondary N) is 1. The van der Waals surface area contributed by atoms with E-state index in [1.807, 2.05) is 6.92 Å². The van der Waals surface area contributed by atoms with Crippen LogP contribution in [-0.2, 0) is 21.1 Å². The summed E-state index contributed by atoms with van der Waals surface area (Å²) in [5, 5.41) is 2.69. The fourth-order valence-corrected chi connectivity index (χ4v) is 3.64. The summed E-state index contributed by atoms with van der Waals surface area (Å²) in [4.78, 5) is 37.3. The molecule has 1 heterocycles. The second kappa shape index (κ2) is 7.91. The Morgan fingerprint density at radius 1 is 1.19 bits per heavy atom. The average Bonchev–Trinajstić information content (AvgIpc) is 2.98. The number of sulfone groups is 1. The second-order valence-corrected chi connectivity index (χ2v) is 8.07. The standard InChI is InChI=1S/C18H22N2O6S/c1-5-9-26-18(23)15-11(3)12(7-8-14(15)27(4,24)25)16(21)13-10-19-20(6-2)17(13)22/h7-8,10,19H,5-6,9H2,1-4H3. The van der Waals surface area contributed by atoms with Gasteiger partial charge in [-0.15, -0.1) is 0 Å². The summed E-state index contributed by atoms with van der Waals surface area (Å²) >= 11 is 0. The molecule has 0 spiro atoms. The van der Waals surface area contributed by atoms with Gasteiger partial charge in [-0.2, -0.15) is 0 Å². The zero-order valence-electron chi connectivity index (χ0n) is 15.7. The molecule has 0 aliphatic heterocycles. The van der Waals surface area contributed by atoms with Crippen LogP contribution in [0.5, 0.6) is 0 Å². The Kier molecular flexibility index (Phi) is 6.04. The molecular weight excluding hydrogens is 372 g/mol. The van der Waals surface area contributed by atoms with Crippen LogP contribution in [0.3, 0.4) is 0 Å². The maximum absolute atomic E-state index is 12.8. The van der Waals surface area contributed by atoms with Crippen molar-refractivity contribution < 1.29 is 22.7 Å². The van der Waals surface area contributed by atoms with Crippen molar-refractivity contribution >= 4 is 21.6 Å². The van der Waals surface area contributed by atoms with Gasteiger partial charge in [0.15, 0.2) is 15.6 Å². The number of ether oxygens (including phenoxy) is 1. The second-order valence-electron chi connectivity index (χ2n) is 6.08. The van der Waals surface area contributed by atoms with Crippen molar-refractivity contribution in [3.8, 4) is 0 Å². The van der Waals surface area contributed by atoms with Gasteiger partial charge in [-0.3, -0.25) is 14.3 Å². The Labute approximate surface area is 157 Å². The fraction of sp³-hybridized carbons (Fsp3) is 0.389. The quantitative estimate of drug-likeness (QED) is 0.565. The summed E-state index contributed by atoms with van der Waals surface area (Å²) in [6.07, 6.45) is 2.84. The third-order valence-corrected chi connectivity index (χ3v) is 5.25. The van der Waals surface area contributed by atoms with Gasteiger partial charge in [-0.1, -0.05) is 6.92 Å². The van der Waals surface area contributed by atoms with E-state index in [2.05, 4.69) is 5.10 Å². The molecule has 1 aromatic heterocycles. The highest BCUT2D eigenvalue weighted by Gasteiger charge is 2.27. The van der Waals surface area contributed by atoms with E-state index in [1.54, 1.807) is 6.92 Å². The third kappa shape index (κ3) is 4.02. The molecule has 0 atom stereocenters.